The molecule has 0 aliphatic rings. The lowest BCUT2D eigenvalue weighted by Gasteiger charge is -2.28. The molecule has 0 amide bonds. The molecule has 0 saturated carbocycles. The highest BCUT2D eigenvalue weighted by atomic mass is 19.1. The second kappa shape index (κ2) is 5.66. The molecule has 17 heavy (non-hydrogen) atoms. The topological polar surface area (TPSA) is 38.3 Å². The number of esters is 1. The Labute approximate surface area is 101 Å². The molecule has 0 heterocycles. The molecule has 1 unspecified atom stereocenters. The summed E-state index contributed by atoms with van der Waals surface area (Å²) in [6.45, 7) is 3.68. The van der Waals surface area contributed by atoms with Crippen LogP contribution in [0.5, 0.6) is 0 Å². The van der Waals surface area contributed by atoms with Gasteiger partial charge in [-0.05, 0) is 25.5 Å². The predicted molar refractivity (Wildman–Crippen MR) is 65.4 cm³/mol. The van der Waals surface area contributed by atoms with Crippen LogP contribution in [0.3, 0.4) is 0 Å². The molecule has 1 aromatic carbocycles. The highest BCUT2D eigenvalue weighted by molar-refractivity contribution is 5.84. The maximum absolute atomic E-state index is 13.5. The van der Waals surface area contributed by atoms with E-state index in [1.54, 1.807) is 25.1 Å². The normalized spacial score (nSPS) is 13.9. The lowest BCUT2D eigenvalue weighted by Crippen LogP contribution is -2.44. The predicted octanol–water partition coefficient (Wildman–Crippen LogP) is 2.97. The summed E-state index contributed by atoms with van der Waals surface area (Å²) in [7, 11) is 1.33. The summed E-state index contributed by atoms with van der Waals surface area (Å²) in [5.41, 5.74) is -0.583. The number of halogens is 1. The van der Waals surface area contributed by atoms with Gasteiger partial charge >= 0.3 is 5.97 Å². The summed E-state index contributed by atoms with van der Waals surface area (Å²) in [5, 5.41) is 2.93. The Bertz CT molecular complexity index is 395. The van der Waals surface area contributed by atoms with Crippen LogP contribution in [0.25, 0.3) is 0 Å². The van der Waals surface area contributed by atoms with Crippen molar-refractivity contribution in [2.75, 3.05) is 12.4 Å². The number of benzene rings is 1. The minimum atomic E-state index is -0.897. The first-order valence-electron chi connectivity index (χ1n) is 5.64. The molecule has 1 rings (SSSR count). The molecule has 4 heteroatoms. The molecule has 0 fully saturated rings. The lowest BCUT2D eigenvalue weighted by molar-refractivity contribution is -0.145. The van der Waals surface area contributed by atoms with Gasteiger partial charge in [-0.1, -0.05) is 25.5 Å². The number of hydrogen-bond acceptors (Lipinski definition) is 3. The molecule has 3 nitrogen and oxygen atoms in total. The quantitative estimate of drug-likeness (QED) is 0.803. The minimum Gasteiger partial charge on any atom is -0.467 e. The van der Waals surface area contributed by atoms with E-state index in [4.69, 9.17) is 4.74 Å². The molecule has 1 atom stereocenters. The Morgan fingerprint density at radius 3 is 2.65 bits per heavy atom. The van der Waals surface area contributed by atoms with E-state index < -0.39 is 5.54 Å². The van der Waals surface area contributed by atoms with Gasteiger partial charge in [0.2, 0.25) is 0 Å². The van der Waals surface area contributed by atoms with Gasteiger partial charge in [-0.2, -0.15) is 0 Å². The summed E-state index contributed by atoms with van der Waals surface area (Å²) in [5.74, 6) is -0.763. The van der Waals surface area contributed by atoms with Gasteiger partial charge in [-0.15, -0.1) is 0 Å². The zero-order chi connectivity index (χ0) is 12.9. The van der Waals surface area contributed by atoms with E-state index in [0.717, 1.165) is 6.42 Å². The third-order valence-electron chi connectivity index (χ3n) is 2.67. The van der Waals surface area contributed by atoms with Crippen molar-refractivity contribution in [1.82, 2.24) is 0 Å². The van der Waals surface area contributed by atoms with E-state index in [1.807, 2.05) is 6.92 Å². The van der Waals surface area contributed by atoms with Crippen LogP contribution < -0.4 is 5.32 Å². The number of carbonyl (C=O) groups excluding carboxylic acids is 1. The van der Waals surface area contributed by atoms with Crippen LogP contribution >= 0.6 is 0 Å². The highest BCUT2D eigenvalue weighted by Gasteiger charge is 2.33. The van der Waals surface area contributed by atoms with Gasteiger partial charge < -0.3 is 10.1 Å². The maximum atomic E-state index is 13.5. The van der Waals surface area contributed by atoms with Crippen molar-refractivity contribution in [2.24, 2.45) is 0 Å². The Balaban J connectivity index is 2.94. The van der Waals surface area contributed by atoms with Gasteiger partial charge in [0.05, 0.1) is 12.8 Å². The molecule has 0 aromatic heterocycles. The van der Waals surface area contributed by atoms with Crippen LogP contribution in [-0.4, -0.2) is 18.6 Å². The smallest absolute Gasteiger partial charge is 0.331 e. The van der Waals surface area contributed by atoms with Crippen molar-refractivity contribution in [1.29, 1.82) is 0 Å². The average molecular weight is 239 g/mol. The monoisotopic (exact) mass is 239 g/mol. The van der Waals surface area contributed by atoms with E-state index in [0.29, 0.717) is 12.1 Å². The molecule has 0 aliphatic carbocycles. The third kappa shape index (κ3) is 3.19. The molecule has 0 radical (unpaired) electrons. The fraction of sp³-hybridized carbons (Fsp3) is 0.462. The molecular weight excluding hydrogens is 221 g/mol. The molecule has 0 spiro atoms. The molecule has 0 aliphatic heterocycles. The van der Waals surface area contributed by atoms with Crippen LogP contribution in [0, 0.1) is 5.82 Å². The standard InChI is InChI=1S/C13H18FNO2/c1-4-9-13(2,12(16)17-3)15-11-8-6-5-7-10(11)14/h5-8,15H,4,9H2,1-3H3. The summed E-state index contributed by atoms with van der Waals surface area (Å²) >= 11 is 0. The van der Waals surface area contributed by atoms with Gasteiger partial charge in [0.25, 0.3) is 0 Å². The van der Waals surface area contributed by atoms with Crippen LogP contribution in [0.2, 0.25) is 0 Å². The van der Waals surface area contributed by atoms with Crippen LogP contribution in [0.4, 0.5) is 10.1 Å². The number of ether oxygens (including phenoxy) is 1. The summed E-state index contributed by atoms with van der Waals surface area (Å²) in [6.07, 6.45) is 1.38. The van der Waals surface area contributed by atoms with Gasteiger partial charge in [0.1, 0.15) is 11.4 Å². The van der Waals surface area contributed by atoms with Crippen LogP contribution in [0.1, 0.15) is 26.7 Å². The van der Waals surface area contributed by atoms with Crippen molar-refractivity contribution < 1.29 is 13.9 Å². The number of methoxy groups -OCH3 is 1. The lowest BCUT2D eigenvalue weighted by atomic mass is 9.95. The first-order chi connectivity index (χ1) is 8.03. The Morgan fingerprint density at radius 2 is 2.12 bits per heavy atom. The summed E-state index contributed by atoms with van der Waals surface area (Å²) in [6, 6.07) is 6.28. The fourth-order valence-electron chi connectivity index (χ4n) is 1.80. The second-order valence-electron chi connectivity index (χ2n) is 4.18. The molecule has 1 aromatic rings. The number of rotatable bonds is 5. The fourth-order valence-corrected chi connectivity index (χ4v) is 1.80. The summed E-state index contributed by atoms with van der Waals surface area (Å²) < 4.78 is 18.3. The van der Waals surface area contributed by atoms with Crippen LogP contribution in [0.15, 0.2) is 24.3 Å². The van der Waals surface area contributed by atoms with Crippen LogP contribution in [-0.2, 0) is 9.53 Å². The van der Waals surface area contributed by atoms with E-state index in [2.05, 4.69) is 5.32 Å². The highest BCUT2D eigenvalue weighted by Crippen LogP contribution is 2.23. The van der Waals surface area contributed by atoms with Gasteiger partial charge in [-0.25, -0.2) is 9.18 Å². The van der Waals surface area contributed by atoms with E-state index in [-0.39, 0.29) is 11.8 Å². The molecule has 1 N–H and O–H groups in total. The Morgan fingerprint density at radius 1 is 1.47 bits per heavy atom. The minimum absolute atomic E-state index is 0.314. The van der Waals surface area contributed by atoms with Crippen molar-refractivity contribution in [3.05, 3.63) is 30.1 Å². The number of hydrogen-bond donors (Lipinski definition) is 1. The van der Waals surface area contributed by atoms with Crippen molar-refractivity contribution in [3.63, 3.8) is 0 Å². The molecule has 0 saturated heterocycles. The van der Waals surface area contributed by atoms with Gasteiger partial charge in [-0.3, -0.25) is 0 Å². The number of carbonyl (C=O) groups is 1. The average Bonchev–Trinajstić information content (AvgIpc) is 2.31. The molecule has 0 bridgehead atoms. The van der Waals surface area contributed by atoms with Crippen molar-refractivity contribution >= 4 is 11.7 Å². The Hall–Kier alpha value is -1.58. The second-order valence-corrected chi connectivity index (χ2v) is 4.18. The SMILES string of the molecule is CCCC(C)(Nc1ccccc1F)C(=O)OC. The van der Waals surface area contributed by atoms with E-state index in [1.165, 1.54) is 13.2 Å². The molecular formula is C13H18FNO2. The zero-order valence-electron chi connectivity index (χ0n) is 10.4. The largest absolute Gasteiger partial charge is 0.467 e. The number of para-hydroxylation sites is 1. The van der Waals surface area contributed by atoms with E-state index >= 15 is 0 Å². The van der Waals surface area contributed by atoms with Crippen molar-refractivity contribution in [3.8, 4) is 0 Å². The maximum Gasteiger partial charge on any atom is 0.331 e. The van der Waals surface area contributed by atoms with Crippen molar-refractivity contribution in [2.45, 2.75) is 32.2 Å². The first kappa shape index (κ1) is 13.5. The third-order valence-corrected chi connectivity index (χ3v) is 2.67. The first-order valence-corrected chi connectivity index (χ1v) is 5.64. The number of anilines is 1. The van der Waals surface area contributed by atoms with Gasteiger partial charge in [0.15, 0.2) is 0 Å². The van der Waals surface area contributed by atoms with Gasteiger partial charge in [0, 0.05) is 0 Å². The zero-order valence-corrected chi connectivity index (χ0v) is 10.4. The summed E-state index contributed by atoms with van der Waals surface area (Å²) in [4.78, 5) is 11.7. The van der Waals surface area contributed by atoms with E-state index in [9.17, 15) is 9.18 Å². The number of nitrogens with one attached hydrogen (secondary N) is 1. The Kier molecular flexibility index (Phi) is 4.49. The molecule has 94 valence electrons.